The molecule has 1 aromatic rings. The molecule has 0 amide bonds. The van der Waals surface area contributed by atoms with Gasteiger partial charge in [0.05, 0.1) is 11.9 Å². The lowest BCUT2D eigenvalue weighted by Gasteiger charge is -2.31. The van der Waals surface area contributed by atoms with Crippen LogP contribution in [0.1, 0.15) is 18.9 Å². The quantitative estimate of drug-likeness (QED) is 0.875. The van der Waals surface area contributed by atoms with Crippen molar-refractivity contribution in [3.05, 3.63) is 34.3 Å². The first-order chi connectivity index (χ1) is 9.53. The molecule has 0 radical (unpaired) electrons. The van der Waals surface area contributed by atoms with Crippen LogP contribution >= 0.6 is 15.9 Å². The van der Waals surface area contributed by atoms with Gasteiger partial charge in [0, 0.05) is 23.5 Å². The molecule has 0 aliphatic carbocycles. The van der Waals surface area contributed by atoms with Crippen molar-refractivity contribution < 1.29 is 13.2 Å². The third-order valence-electron chi connectivity index (χ3n) is 3.56. The number of nitrogens with one attached hydrogen (secondary N) is 1. The van der Waals surface area contributed by atoms with Gasteiger partial charge in [-0.15, -0.1) is 0 Å². The topological polar surface area (TPSA) is 55.4 Å². The Labute approximate surface area is 129 Å². The van der Waals surface area contributed by atoms with Gasteiger partial charge in [0.2, 0.25) is 10.0 Å². The van der Waals surface area contributed by atoms with Crippen LogP contribution in [0.5, 0.6) is 0 Å². The molecule has 1 fully saturated rings. The van der Waals surface area contributed by atoms with Crippen molar-refractivity contribution in [2.24, 2.45) is 5.92 Å². The van der Waals surface area contributed by atoms with Crippen molar-refractivity contribution in [1.29, 1.82) is 0 Å². The molecule has 112 valence electrons. The Bertz CT molecular complexity index is 530. The van der Waals surface area contributed by atoms with Gasteiger partial charge in [0.1, 0.15) is 0 Å². The average Bonchev–Trinajstić information content (AvgIpc) is 2.42. The highest BCUT2D eigenvalue weighted by Gasteiger charge is 2.35. The molecule has 1 aromatic carbocycles. The monoisotopic (exact) mass is 361 g/mol. The third kappa shape index (κ3) is 4.04. The Kier molecular flexibility index (Phi) is 5.60. The largest absolute Gasteiger partial charge is 0.381 e. The van der Waals surface area contributed by atoms with Gasteiger partial charge in [0.25, 0.3) is 0 Å². The average molecular weight is 362 g/mol. The first-order valence-electron chi connectivity index (χ1n) is 6.83. The molecule has 1 heterocycles. The summed E-state index contributed by atoms with van der Waals surface area (Å²) in [6.45, 7) is 3.27. The van der Waals surface area contributed by atoms with Gasteiger partial charge >= 0.3 is 0 Å². The van der Waals surface area contributed by atoms with Crippen LogP contribution in [0.25, 0.3) is 0 Å². The highest BCUT2D eigenvalue weighted by molar-refractivity contribution is 9.10. The molecule has 1 aliphatic rings. The van der Waals surface area contributed by atoms with Gasteiger partial charge in [-0.05, 0) is 30.5 Å². The Hall–Kier alpha value is -0.430. The first-order valence-corrected chi connectivity index (χ1v) is 9.17. The summed E-state index contributed by atoms with van der Waals surface area (Å²) in [5, 5.41) is -0.361. The van der Waals surface area contributed by atoms with Gasteiger partial charge in [-0.2, -0.15) is 0 Å². The van der Waals surface area contributed by atoms with E-state index in [1.807, 2.05) is 24.3 Å². The summed E-state index contributed by atoms with van der Waals surface area (Å²) in [6.07, 6.45) is 1.29. The molecule has 1 N–H and O–H groups in total. The van der Waals surface area contributed by atoms with E-state index < -0.39 is 10.0 Å². The highest BCUT2D eigenvalue weighted by Crippen LogP contribution is 2.25. The number of rotatable bonds is 5. The Balaban J connectivity index is 2.13. The van der Waals surface area contributed by atoms with E-state index in [2.05, 4.69) is 20.7 Å². The Morgan fingerprint density at radius 2 is 2.05 bits per heavy atom. The van der Waals surface area contributed by atoms with Gasteiger partial charge in [0.15, 0.2) is 0 Å². The standard InChI is InChI=1S/C14H20BrNO3S/c1-2-16-20(17,18)14-7-8-19-10-12(14)9-11-3-5-13(15)6-4-11/h3-6,12,14,16H,2,7-10H2,1H3/t12-,14+/m1/s1. The van der Waals surface area contributed by atoms with Crippen LogP contribution in [0, 0.1) is 5.92 Å². The van der Waals surface area contributed by atoms with Crippen LogP contribution in [-0.2, 0) is 21.2 Å². The summed E-state index contributed by atoms with van der Waals surface area (Å²) < 4.78 is 33.7. The first kappa shape index (κ1) is 15.9. The second-order valence-electron chi connectivity index (χ2n) is 5.04. The summed E-state index contributed by atoms with van der Waals surface area (Å²) in [7, 11) is -3.25. The van der Waals surface area contributed by atoms with E-state index in [1.165, 1.54) is 0 Å². The summed E-state index contributed by atoms with van der Waals surface area (Å²) in [5.41, 5.74) is 1.14. The van der Waals surface area contributed by atoms with E-state index in [9.17, 15) is 8.42 Å². The van der Waals surface area contributed by atoms with Gasteiger partial charge in [-0.1, -0.05) is 35.0 Å². The fraction of sp³-hybridized carbons (Fsp3) is 0.571. The number of sulfonamides is 1. The zero-order valence-electron chi connectivity index (χ0n) is 11.5. The molecule has 0 bridgehead atoms. The van der Waals surface area contributed by atoms with Gasteiger partial charge in [-0.25, -0.2) is 13.1 Å². The van der Waals surface area contributed by atoms with E-state index in [-0.39, 0.29) is 11.2 Å². The van der Waals surface area contributed by atoms with E-state index in [1.54, 1.807) is 6.92 Å². The van der Waals surface area contributed by atoms with Crippen molar-refractivity contribution in [1.82, 2.24) is 4.72 Å². The van der Waals surface area contributed by atoms with Gasteiger partial charge in [-0.3, -0.25) is 0 Å². The lowest BCUT2D eigenvalue weighted by Crippen LogP contribution is -2.44. The smallest absolute Gasteiger partial charge is 0.214 e. The fourth-order valence-corrected chi connectivity index (χ4v) is 4.58. The molecule has 1 aliphatic heterocycles. The van der Waals surface area contributed by atoms with E-state index in [4.69, 9.17) is 4.74 Å². The summed E-state index contributed by atoms with van der Waals surface area (Å²) in [4.78, 5) is 0. The molecule has 0 spiro atoms. The molecule has 4 nitrogen and oxygen atoms in total. The second-order valence-corrected chi connectivity index (χ2v) is 7.94. The van der Waals surface area contributed by atoms with E-state index in [0.29, 0.717) is 26.2 Å². The third-order valence-corrected chi connectivity index (χ3v) is 6.20. The van der Waals surface area contributed by atoms with Crippen molar-refractivity contribution in [3.8, 4) is 0 Å². The number of benzene rings is 1. The van der Waals surface area contributed by atoms with Crippen molar-refractivity contribution in [2.45, 2.75) is 25.0 Å². The zero-order chi connectivity index (χ0) is 14.6. The maximum atomic E-state index is 12.3. The normalized spacial score (nSPS) is 23.7. The van der Waals surface area contributed by atoms with E-state index in [0.717, 1.165) is 16.5 Å². The number of hydrogen-bond acceptors (Lipinski definition) is 3. The molecule has 0 unspecified atom stereocenters. The molecular formula is C14H20BrNO3S. The molecular weight excluding hydrogens is 342 g/mol. The second kappa shape index (κ2) is 7.02. The Morgan fingerprint density at radius 3 is 2.70 bits per heavy atom. The minimum absolute atomic E-state index is 0.00831. The fourth-order valence-electron chi connectivity index (χ4n) is 2.61. The maximum Gasteiger partial charge on any atom is 0.214 e. The molecule has 20 heavy (non-hydrogen) atoms. The molecule has 6 heteroatoms. The van der Waals surface area contributed by atoms with Crippen LogP contribution < -0.4 is 4.72 Å². The summed E-state index contributed by atoms with van der Waals surface area (Å²) in [5.74, 6) is 0.00831. The van der Waals surface area contributed by atoms with Gasteiger partial charge < -0.3 is 4.74 Å². The summed E-state index contributed by atoms with van der Waals surface area (Å²) in [6, 6.07) is 8.00. The van der Waals surface area contributed by atoms with Crippen molar-refractivity contribution in [3.63, 3.8) is 0 Å². The van der Waals surface area contributed by atoms with E-state index >= 15 is 0 Å². The maximum absolute atomic E-state index is 12.3. The molecule has 0 aromatic heterocycles. The lowest BCUT2D eigenvalue weighted by atomic mass is 9.94. The minimum atomic E-state index is -3.25. The Morgan fingerprint density at radius 1 is 1.35 bits per heavy atom. The lowest BCUT2D eigenvalue weighted by molar-refractivity contribution is 0.0570. The summed E-state index contributed by atoms with van der Waals surface area (Å²) >= 11 is 3.40. The van der Waals surface area contributed by atoms with Crippen LogP contribution in [0.2, 0.25) is 0 Å². The predicted molar refractivity (Wildman–Crippen MR) is 83.2 cm³/mol. The zero-order valence-corrected chi connectivity index (χ0v) is 13.9. The van der Waals surface area contributed by atoms with Crippen LogP contribution in [0.15, 0.2) is 28.7 Å². The number of halogens is 1. The SMILES string of the molecule is CCNS(=O)(=O)[C@H]1CCOC[C@H]1Cc1ccc(Br)cc1. The van der Waals surface area contributed by atoms with Crippen LogP contribution in [0.3, 0.4) is 0 Å². The molecule has 2 rings (SSSR count). The number of ether oxygens (including phenoxy) is 1. The minimum Gasteiger partial charge on any atom is -0.381 e. The molecule has 0 saturated carbocycles. The molecule has 2 atom stereocenters. The van der Waals surface area contributed by atoms with Crippen LogP contribution in [-0.4, -0.2) is 33.4 Å². The number of hydrogen-bond donors (Lipinski definition) is 1. The molecule has 1 saturated heterocycles. The predicted octanol–water partition coefficient (Wildman–Crippen LogP) is 2.34. The van der Waals surface area contributed by atoms with Crippen molar-refractivity contribution >= 4 is 26.0 Å². The van der Waals surface area contributed by atoms with Crippen molar-refractivity contribution in [2.75, 3.05) is 19.8 Å². The highest BCUT2D eigenvalue weighted by atomic mass is 79.9. The van der Waals surface area contributed by atoms with Crippen LogP contribution in [0.4, 0.5) is 0 Å².